The first-order valence-corrected chi connectivity index (χ1v) is 15.5. The first-order valence-electron chi connectivity index (χ1n) is 14.1. The molecule has 4 rings (SSSR count). The van der Waals surface area contributed by atoms with E-state index >= 15 is 0 Å². The molecule has 0 saturated heterocycles. The van der Waals surface area contributed by atoms with E-state index in [4.69, 9.17) is 4.74 Å². The highest BCUT2D eigenvalue weighted by molar-refractivity contribution is 7.92. The molecule has 0 aromatic heterocycles. The lowest BCUT2D eigenvalue weighted by Crippen LogP contribution is -2.53. The van der Waals surface area contributed by atoms with Gasteiger partial charge in [0.2, 0.25) is 11.8 Å². The summed E-state index contributed by atoms with van der Waals surface area (Å²) in [5.41, 5.74) is 2.18. The minimum Gasteiger partial charge on any atom is -0.497 e. The van der Waals surface area contributed by atoms with Gasteiger partial charge in [-0.05, 0) is 68.1 Å². The van der Waals surface area contributed by atoms with Gasteiger partial charge in [0.05, 0.1) is 17.7 Å². The maximum absolute atomic E-state index is 14.1. The lowest BCUT2D eigenvalue weighted by Gasteiger charge is -2.33. The van der Waals surface area contributed by atoms with Crippen LogP contribution in [0.3, 0.4) is 0 Å². The lowest BCUT2D eigenvalue weighted by atomic mass is 10.1. The van der Waals surface area contributed by atoms with Gasteiger partial charge in [0.25, 0.3) is 10.0 Å². The number of benzene rings is 3. The molecule has 1 fully saturated rings. The summed E-state index contributed by atoms with van der Waals surface area (Å²) in [5.74, 6) is -0.140. The molecule has 3 aromatic carbocycles. The molecule has 9 heteroatoms. The number of carbonyl (C=O) groups excluding carboxylic acids is 2. The van der Waals surface area contributed by atoms with Crippen molar-refractivity contribution in [2.45, 2.75) is 69.5 Å². The van der Waals surface area contributed by atoms with E-state index in [9.17, 15) is 18.0 Å². The Balaban J connectivity index is 1.69. The number of carbonyl (C=O) groups is 2. The summed E-state index contributed by atoms with van der Waals surface area (Å²) in [7, 11) is -2.63. The maximum Gasteiger partial charge on any atom is 0.264 e. The molecule has 1 aliphatic rings. The van der Waals surface area contributed by atoms with Crippen LogP contribution >= 0.6 is 0 Å². The van der Waals surface area contributed by atoms with Crippen LogP contribution in [0.25, 0.3) is 0 Å². The Kier molecular flexibility index (Phi) is 10.0. The molecule has 3 aromatic rings. The van der Waals surface area contributed by atoms with Crippen molar-refractivity contribution in [3.8, 4) is 5.75 Å². The number of anilines is 1. The predicted octanol–water partition coefficient (Wildman–Crippen LogP) is 5.07. The summed E-state index contributed by atoms with van der Waals surface area (Å²) in [4.78, 5) is 29.2. The van der Waals surface area contributed by atoms with Gasteiger partial charge >= 0.3 is 0 Å². The topological polar surface area (TPSA) is 96.0 Å². The van der Waals surface area contributed by atoms with E-state index in [2.05, 4.69) is 5.32 Å². The molecule has 0 spiro atoms. The molecule has 0 aliphatic heterocycles. The maximum atomic E-state index is 14.1. The summed E-state index contributed by atoms with van der Waals surface area (Å²) in [5, 5.41) is 3.13. The second-order valence-corrected chi connectivity index (χ2v) is 12.3. The van der Waals surface area contributed by atoms with Crippen molar-refractivity contribution in [2.24, 2.45) is 0 Å². The molecule has 0 heterocycles. The third-order valence-electron chi connectivity index (χ3n) is 7.53. The number of hydrogen-bond donors (Lipinski definition) is 1. The second-order valence-electron chi connectivity index (χ2n) is 10.4. The molecule has 1 aliphatic carbocycles. The average Bonchev–Trinajstić information content (AvgIpc) is 3.49. The SMILES string of the molecule is CC[C@@H](C(=O)NC1CCCC1)N(Cc1ccccc1)C(=O)CN(c1ccc(C)cc1)S(=O)(=O)c1ccc(OC)cc1. The highest BCUT2D eigenvalue weighted by Gasteiger charge is 2.34. The van der Waals surface area contributed by atoms with Crippen LogP contribution < -0.4 is 14.4 Å². The van der Waals surface area contributed by atoms with Crippen LogP contribution in [0.2, 0.25) is 0 Å². The molecule has 218 valence electrons. The number of nitrogens with one attached hydrogen (secondary N) is 1. The number of rotatable bonds is 12. The summed E-state index contributed by atoms with van der Waals surface area (Å²) in [6, 6.07) is 21.9. The molecule has 8 nitrogen and oxygen atoms in total. The highest BCUT2D eigenvalue weighted by atomic mass is 32.2. The largest absolute Gasteiger partial charge is 0.497 e. The van der Waals surface area contributed by atoms with E-state index in [1.807, 2.05) is 56.3 Å². The molecule has 0 radical (unpaired) electrons. The van der Waals surface area contributed by atoms with Crippen molar-refractivity contribution in [2.75, 3.05) is 18.0 Å². The Morgan fingerprint density at radius 1 is 0.951 bits per heavy atom. The van der Waals surface area contributed by atoms with Crippen molar-refractivity contribution < 1.29 is 22.7 Å². The van der Waals surface area contributed by atoms with Gasteiger partial charge in [-0.25, -0.2) is 8.42 Å². The molecule has 1 N–H and O–H groups in total. The minimum atomic E-state index is -4.13. The molecule has 1 atom stereocenters. The van der Waals surface area contributed by atoms with Gasteiger partial charge in [0, 0.05) is 12.6 Å². The lowest BCUT2D eigenvalue weighted by molar-refractivity contribution is -0.140. The zero-order valence-corrected chi connectivity index (χ0v) is 24.8. The third kappa shape index (κ3) is 7.47. The van der Waals surface area contributed by atoms with Crippen LogP contribution in [-0.2, 0) is 26.2 Å². The van der Waals surface area contributed by atoms with Crippen molar-refractivity contribution in [3.63, 3.8) is 0 Å². The Labute approximate surface area is 243 Å². The van der Waals surface area contributed by atoms with Crippen molar-refractivity contribution in [3.05, 3.63) is 90.0 Å². The zero-order chi connectivity index (χ0) is 29.4. The first-order chi connectivity index (χ1) is 19.7. The number of aryl methyl sites for hydroxylation is 1. The van der Waals surface area contributed by atoms with Gasteiger partial charge in [0.15, 0.2) is 0 Å². The Bertz CT molecular complexity index is 1400. The molecule has 2 amide bonds. The Hall–Kier alpha value is -3.85. The standard InChI is InChI=1S/C32H39N3O5S/c1-4-30(32(37)33-26-12-8-9-13-26)34(22-25-10-6-5-7-11-25)31(36)23-35(27-16-14-24(2)15-17-27)41(38,39)29-20-18-28(40-3)19-21-29/h5-7,10-11,14-21,26,30H,4,8-9,12-13,22-23H2,1-3H3,(H,33,37)/t30-/m0/s1. The number of nitrogens with zero attached hydrogens (tertiary/aromatic N) is 2. The second kappa shape index (κ2) is 13.7. The number of sulfonamides is 1. The summed E-state index contributed by atoms with van der Waals surface area (Å²) in [6.07, 6.45) is 4.39. The monoisotopic (exact) mass is 577 g/mol. The van der Waals surface area contributed by atoms with E-state index in [0.29, 0.717) is 17.9 Å². The normalized spacial score (nSPS) is 14.3. The molecule has 1 saturated carbocycles. The van der Waals surface area contributed by atoms with Gasteiger partial charge in [-0.3, -0.25) is 13.9 Å². The predicted molar refractivity (Wildman–Crippen MR) is 160 cm³/mol. The first kappa shape index (κ1) is 30.1. The number of hydrogen-bond acceptors (Lipinski definition) is 5. The highest BCUT2D eigenvalue weighted by Crippen LogP contribution is 2.27. The van der Waals surface area contributed by atoms with Crippen LogP contribution in [0.1, 0.15) is 50.2 Å². The fourth-order valence-electron chi connectivity index (χ4n) is 5.18. The van der Waals surface area contributed by atoms with Gasteiger partial charge in [-0.1, -0.05) is 67.8 Å². The van der Waals surface area contributed by atoms with Gasteiger partial charge in [-0.2, -0.15) is 0 Å². The average molecular weight is 578 g/mol. The van der Waals surface area contributed by atoms with Crippen LogP contribution in [0.4, 0.5) is 5.69 Å². The quantitative estimate of drug-likeness (QED) is 0.325. The van der Waals surface area contributed by atoms with E-state index in [1.165, 1.54) is 24.1 Å². The van der Waals surface area contributed by atoms with Gasteiger partial charge in [0.1, 0.15) is 18.3 Å². The summed E-state index contributed by atoms with van der Waals surface area (Å²) in [6.45, 7) is 3.50. The van der Waals surface area contributed by atoms with E-state index in [-0.39, 0.29) is 23.4 Å². The van der Waals surface area contributed by atoms with Crippen LogP contribution in [0, 0.1) is 6.92 Å². The minimum absolute atomic E-state index is 0.0345. The summed E-state index contributed by atoms with van der Waals surface area (Å²) < 4.78 is 34.3. The fraction of sp³-hybridized carbons (Fsp3) is 0.375. The Morgan fingerprint density at radius 3 is 2.17 bits per heavy atom. The van der Waals surface area contributed by atoms with Gasteiger partial charge in [-0.15, -0.1) is 0 Å². The smallest absolute Gasteiger partial charge is 0.264 e. The molecule has 0 unspecified atom stereocenters. The van der Waals surface area contributed by atoms with Crippen molar-refractivity contribution in [1.82, 2.24) is 10.2 Å². The Morgan fingerprint density at radius 2 is 1.59 bits per heavy atom. The van der Waals surface area contributed by atoms with Crippen LogP contribution in [-0.4, -0.2) is 50.9 Å². The van der Waals surface area contributed by atoms with Crippen LogP contribution in [0.15, 0.2) is 83.8 Å². The van der Waals surface area contributed by atoms with E-state index in [1.54, 1.807) is 24.3 Å². The van der Waals surface area contributed by atoms with E-state index < -0.39 is 28.5 Å². The zero-order valence-electron chi connectivity index (χ0n) is 24.0. The summed E-state index contributed by atoms with van der Waals surface area (Å²) >= 11 is 0. The third-order valence-corrected chi connectivity index (χ3v) is 9.32. The molecular formula is C32H39N3O5S. The van der Waals surface area contributed by atoms with Gasteiger partial charge < -0.3 is 15.0 Å². The number of methoxy groups -OCH3 is 1. The van der Waals surface area contributed by atoms with Crippen molar-refractivity contribution in [1.29, 1.82) is 0 Å². The van der Waals surface area contributed by atoms with E-state index in [0.717, 1.165) is 41.1 Å². The van der Waals surface area contributed by atoms with Crippen molar-refractivity contribution >= 4 is 27.5 Å². The fourth-order valence-corrected chi connectivity index (χ4v) is 6.60. The molecule has 0 bridgehead atoms. The van der Waals surface area contributed by atoms with Crippen LogP contribution in [0.5, 0.6) is 5.75 Å². The molecule has 41 heavy (non-hydrogen) atoms. The number of ether oxygens (including phenoxy) is 1. The molecular weight excluding hydrogens is 538 g/mol. The number of amides is 2.